The number of imide groups is 1. The molecule has 0 bridgehead atoms. The molecule has 6 heteroatoms. The standard InChI is InChI=1S/C14H22N2O4/c1-3-4-5-14(2)12(17)15(6-10-8-19-10)13(18)16(14)7-11-9-20-11/h10-11H,3-9H2,1-2H3. The molecular formula is C14H22N2O4. The van der Waals surface area contributed by atoms with E-state index in [-0.39, 0.29) is 24.1 Å². The zero-order valence-corrected chi connectivity index (χ0v) is 12.1. The minimum atomic E-state index is -0.714. The maximum Gasteiger partial charge on any atom is 0.327 e. The summed E-state index contributed by atoms with van der Waals surface area (Å²) in [7, 11) is 0. The van der Waals surface area contributed by atoms with Crippen LogP contribution in [0.4, 0.5) is 4.79 Å². The molecule has 0 aliphatic carbocycles. The van der Waals surface area contributed by atoms with Gasteiger partial charge in [-0.15, -0.1) is 0 Å². The molecule has 3 amide bonds. The zero-order valence-electron chi connectivity index (χ0n) is 12.1. The smallest absolute Gasteiger partial charge is 0.327 e. The van der Waals surface area contributed by atoms with Crippen molar-refractivity contribution in [2.45, 2.75) is 50.9 Å². The van der Waals surface area contributed by atoms with Crippen molar-refractivity contribution in [3.05, 3.63) is 0 Å². The van der Waals surface area contributed by atoms with E-state index in [0.29, 0.717) is 32.7 Å². The highest BCUT2D eigenvalue weighted by Gasteiger charge is 2.55. The van der Waals surface area contributed by atoms with Crippen molar-refractivity contribution in [2.75, 3.05) is 26.3 Å². The first-order chi connectivity index (χ1) is 9.56. The Kier molecular flexibility index (Phi) is 3.46. The number of carbonyl (C=O) groups is 2. The second-order valence-corrected chi connectivity index (χ2v) is 6.10. The minimum absolute atomic E-state index is 0.0375. The molecule has 3 rings (SSSR count). The molecule has 112 valence electrons. The predicted octanol–water partition coefficient (Wildman–Crippen LogP) is 0.997. The summed E-state index contributed by atoms with van der Waals surface area (Å²) in [5.74, 6) is -0.0768. The van der Waals surface area contributed by atoms with Crippen LogP contribution in [0.2, 0.25) is 0 Å². The van der Waals surface area contributed by atoms with Crippen molar-refractivity contribution in [2.24, 2.45) is 0 Å². The third-order valence-electron chi connectivity index (χ3n) is 4.36. The molecule has 0 aromatic rings. The van der Waals surface area contributed by atoms with Crippen LogP contribution in [0.1, 0.15) is 33.1 Å². The van der Waals surface area contributed by atoms with Gasteiger partial charge in [0.2, 0.25) is 0 Å². The van der Waals surface area contributed by atoms with Gasteiger partial charge in [-0.2, -0.15) is 0 Å². The third-order valence-corrected chi connectivity index (χ3v) is 4.36. The van der Waals surface area contributed by atoms with Gasteiger partial charge in [-0.25, -0.2) is 4.79 Å². The molecule has 0 spiro atoms. The SMILES string of the molecule is CCCCC1(C)C(=O)N(CC2CO2)C(=O)N1CC1CO1. The van der Waals surface area contributed by atoms with E-state index in [1.807, 2.05) is 6.92 Å². The third kappa shape index (κ3) is 2.42. The second kappa shape index (κ2) is 5.00. The van der Waals surface area contributed by atoms with Gasteiger partial charge in [-0.05, 0) is 13.3 Å². The number of rotatable bonds is 7. The molecule has 0 radical (unpaired) electrons. The van der Waals surface area contributed by atoms with E-state index in [0.717, 1.165) is 12.8 Å². The van der Waals surface area contributed by atoms with Crippen molar-refractivity contribution < 1.29 is 19.1 Å². The molecule has 3 atom stereocenters. The van der Waals surface area contributed by atoms with Crippen LogP contribution in [-0.2, 0) is 14.3 Å². The number of amides is 3. The van der Waals surface area contributed by atoms with Crippen LogP contribution in [-0.4, -0.2) is 65.8 Å². The largest absolute Gasteiger partial charge is 0.371 e. The number of hydrogen-bond acceptors (Lipinski definition) is 4. The Morgan fingerprint density at radius 3 is 2.35 bits per heavy atom. The number of epoxide rings is 2. The molecule has 3 fully saturated rings. The van der Waals surface area contributed by atoms with Crippen molar-refractivity contribution >= 4 is 11.9 Å². The summed E-state index contributed by atoms with van der Waals surface area (Å²) in [6.45, 7) is 6.23. The van der Waals surface area contributed by atoms with Gasteiger partial charge in [0.1, 0.15) is 5.54 Å². The lowest BCUT2D eigenvalue weighted by molar-refractivity contribution is -0.133. The fraction of sp³-hybridized carbons (Fsp3) is 0.857. The quantitative estimate of drug-likeness (QED) is 0.516. The summed E-state index contributed by atoms with van der Waals surface area (Å²) in [5.41, 5.74) is -0.714. The van der Waals surface area contributed by atoms with Crippen LogP contribution in [0.5, 0.6) is 0 Å². The Balaban J connectivity index is 1.78. The lowest BCUT2D eigenvalue weighted by atomic mass is 9.93. The summed E-state index contributed by atoms with van der Waals surface area (Å²) in [6.07, 6.45) is 2.80. The first-order valence-corrected chi connectivity index (χ1v) is 7.43. The Labute approximate surface area is 119 Å². The number of carbonyl (C=O) groups excluding carboxylic acids is 2. The molecule has 0 aromatic heterocycles. The highest BCUT2D eigenvalue weighted by Crippen LogP contribution is 2.34. The lowest BCUT2D eigenvalue weighted by Gasteiger charge is -2.31. The van der Waals surface area contributed by atoms with Crippen molar-refractivity contribution in [3.63, 3.8) is 0 Å². The molecule has 0 aromatic carbocycles. The number of nitrogens with zero attached hydrogens (tertiary/aromatic N) is 2. The van der Waals surface area contributed by atoms with E-state index in [1.54, 1.807) is 4.90 Å². The summed E-state index contributed by atoms with van der Waals surface area (Å²) < 4.78 is 10.4. The first-order valence-electron chi connectivity index (χ1n) is 7.43. The normalized spacial score (nSPS) is 35.9. The molecule has 6 nitrogen and oxygen atoms in total. The van der Waals surface area contributed by atoms with Crippen LogP contribution >= 0.6 is 0 Å². The van der Waals surface area contributed by atoms with E-state index in [4.69, 9.17) is 9.47 Å². The van der Waals surface area contributed by atoms with Crippen molar-refractivity contribution in [3.8, 4) is 0 Å². The fourth-order valence-corrected chi connectivity index (χ4v) is 2.81. The van der Waals surface area contributed by atoms with Crippen LogP contribution in [0.3, 0.4) is 0 Å². The maximum atomic E-state index is 12.7. The average molecular weight is 282 g/mol. The molecule has 3 saturated heterocycles. The highest BCUT2D eigenvalue weighted by atomic mass is 16.6. The topological polar surface area (TPSA) is 65.7 Å². The van der Waals surface area contributed by atoms with E-state index in [2.05, 4.69) is 6.92 Å². The van der Waals surface area contributed by atoms with Gasteiger partial charge >= 0.3 is 6.03 Å². The highest BCUT2D eigenvalue weighted by molar-refractivity contribution is 6.06. The first kappa shape index (κ1) is 13.8. The Hall–Kier alpha value is -1.14. The van der Waals surface area contributed by atoms with Gasteiger partial charge < -0.3 is 14.4 Å². The van der Waals surface area contributed by atoms with Crippen LogP contribution < -0.4 is 0 Å². The summed E-state index contributed by atoms with van der Waals surface area (Å²) in [6, 6.07) is -0.181. The van der Waals surface area contributed by atoms with E-state index < -0.39 is 5.54 Å². The molecule has 20 heavy (non-hydrogen) atoms. The van der Waals surface area contributed by atoms with Crippen LogP contribution in [0, 0.1) is 0 Å². The van der Waals surface area contributed by atoms with Crippen LogP contribution in [0.25, 0.3) is 0 Å². The lowest BCUT2D eigenvalue weighted by Crippen LogP contribution is -2.48. The Morgan fingerprint density at radius 2 is 1.80 bits per heavy atom. The fourth-order valence-electron chi connectivity index (χ4n) is 2.81. The number of ether oxygens (including phenoxy) is 2. The maximum absolute atomic E-state index is 12.7. The molecular weight excluding hydrogens is 260 g/mol. The number of unbranched alkanes of at least 4 members (excludes halogenated alkanes) is 1. The molecule has 0 saturated carbocycles. The number of hydrogen-bond donors (Lipinski definition) is 0. The monoisotopic (exact) mass is 282 g/mol. The van der Waals surface area contributed by atoms with Crippen molar-refractivity contribution in [1.29, 1.82) is 0 Å². The van der Waals surface area contributed by atoms with E-state index >= 15 is 0 Å². The van der Waals surface area contributed by atoms with E-state index in [9.17, 15) is 9.59 Å². The van der Waals surface area contributed by atoms with Gasteiger partial charge in [-0.1, -0.05) is 19.8 Å². The Bertz CT molecular complexity index is 419. The minimum Gasteiger partial charge on any atom is -0.371 e. The van der Waals surface area contributed by atoms with Gasteiger partial charge in [-0.3, -0.25) is 9.69 Å². The van der Waals surface area contributed by atoms with Gasteiger partial charge in [0.05, 0.1) is 38.5 Å². The zero-order chi connectivity index (χ0) is 14.3. The number of urea groups is 1. The van der Waals surface area contributed by atoms with Gasteiger partial charge in [0.25, 0.3) is 5.91 Å². The molecule has 0 N–H and O–H groups in total. The predicted molar refractivity (Wildman–Crippen MR) is 71.2 cm³/mol. The summed E-state index contributed by atoms with van der Waals surface area (Å²) >= 11 is 0. The van der Waals surface area contributed by atoms with Crippen LogP contribution in [0.15, 0.2) is 0 Å². The summed E-state index contributed by atoms with van der Waals surface area (Å²) in [5, 5.41) is 0. The average Bonchev–Trinajstić information content (AvgIpc) is 3.31. The van der Waals surface area contributed by atoms with E-state index in [1.165, 1.54) is 4.90 Å². The summed E-state index contributed by atoms with van der Waals surface area (Å²) in [4.78, 5) is 28.3. The second-order valence-electron chi connectivity index (χ2n) is 6.10. The van der Waals surface area contributed by atoms with Gasteiger partial charge in [0.15, 0.2) is 0 Å². The van der Waals surface area contributed by atoms with Crippen molar-refractivity contribution in [1.82, 2.24) is 9.80 Å². The molecule has 3 aliphatic rings. The van der Waals surface area contributed by atoms with Gasteiger partial charge in [0, 0.05) is 0 Å². The molecule has 3 unspecified atom stereocenters. The molecule has 3 heterocycles. The Morgan fingerprint density at radius 1 is 1.20 bits per heavy atom. The molecule has 3 aliphatic heterocycles.